The Labute approximate surface area is 139 Å². The summed E-state index contributed by atoms with van der Waals surface area (Å²) in [6, 6.07) is 11.6. The number of benzene rings is 1. The summed E-state index contributed by atoms with van der Waals surface area (Å²) in [7, 11) is 0. The molecule has 1 N–H and O–H groups in total. The Hall–Kier alpha value is -2.85. The van der Waals surface area contributed by atoms with E-state index in [1.807, 2.05) is 36.4 Å². The van der Waals surface area contributed by atoms with Gasteiger partial charge in [-0.3, -0.25) is 5.32 Å². The van der Waals surface area contributed by atoms with Gasteiger partial charge in [0.1, 0.15) is 18.2 Å². The maximum absolute atomic E-state index is 12.1. The number of hydrogen-bond acceptors (Lipinski definition) is 5. The van der Waals surface area contributed by atoms with E-state index in [0.717, 1.165) is 18.4 Å². The molecule has 1 aliphatic rings. The summed E-state index contributed by atoms with van der Waals surface area (Å²) in [6.45, 7) is 1.45. The van der Waals surface area contributed by atoms with Gasteiger partial charge in [-0.15, -0.1) is 0 Å². The van der Waals surface area contributed by atoms with Crippen LogP contribution in [0.2, 0.25) is 0 Å². The molecular weight excluding hydrogens is 308 g/mol. The highest BCUT2D eigenvalue weighted by molar-refractivity contribution is 5.85. The smallest absolute Gasteiger partial charge is 0.413 e. The molecule has 0 radical (unpaired) electrons. The molecule has 2 heterocycles. The Balaban J connectivity index is 1.68. The lowest BCUT2D eigenvalue weighted by molar-refractivity contribution is 0.0668. The van der Waals surface area contributed by atoms with Crippen molar-refractivity contribution in [1.29, 1.82) is 5.26 Å². The van der Waals surface area contributed by atoms with Crippen LogP contribution in [0.5, 0.6) is 0 Å². The van der Waals surface area contributed by atoms with Crippen molar-refractivity contribution in [3.63, 3.8) is 0 Å². The van der Waals surface area contributed by atoms with Crippen LogP contribution >= 0.6 is 0 Å². The number of nitrogens with zero attached hydrogens (tertiary/aromatic N) is 3. The Bertz CT molecular complexity index is 730. The molecule has 3 rings (SSSR count). The van der Waals surface area contributed by atoms with Crippen LogP contribution in [0.25, 0.3) is 0 Å². The molecule has 124 valence electrons. The quantitative estimate of drug-likeness (QED) is 0.933. The van der Waals surface area contributed by atoms with Gasteiger partial charge in [-0.1, -0.05) is 30.3 Å². The second-order valence-electron chi connectivity index (χ2n) is 5.49. The van der Waals surface area contributed by atoms with Gasteiger partial charge in [-0.05, 0) is 18.4 Å². The molecule has 2 aromatic rings. The van der Waals surface area contributed by atoms with Crippen LogP contribution < -0.4 is 5.32 Å². The van der Waals surface area contributed by atoms with Gasteiger partial charge in [-0.25, -0.2) is 9.48 Å². The van der Waals surface area contributed by atoms with Crippen molar-refractivity contribution in [3.8, 4) is 6.07 Å². The van der Waals surface area contributed by atoms with Crippen LogP contribution in [0.1, 0.15) is 30.0 Å². The zero-order valence-corrected chi connectivity index (χ0v) is 13.1. The van der Waals surface area contributed by atoms with Crippen molar-refractivity contribution in [2.24, 2.45) is 0 Å². The highest BCUT2D eigenvalue weighted by atomic mass is 16.5. The molecule has 1 aromatic heterocycles. The SMILES string of the molecule is N#Cc1cnn(C2CCOCC2)c1NC(=O)OCc1ccccc1. The Kier molecular flexibility index (Phi) is 5.08. The van der Waals surface area contributed by atoms with Crippen molar-refractivity contribution in [3.05, 3.63) is 47.7 Å². The number of carbonyl (C=O) groups is 1. The zero-order chi connectivity index (χ0) is 16.8. The van der Waals surface area contributed by atoms with Crippen molar-refractivity contribution in [1.82, 2.24) is 9.78 Å². The van der Waals surface area contributed by atoms with Crippen LogP contribution in [0.15, 0.2) is 36.5 Å². The van der Waals surface area contributed by atoms with E-state index in [0.29, 0.717) is 24.6 Å². The normalized spacial score (nSPS) is 14.8. The molecule has 1 aromatic carbocycles. The average molecular weight is 326 g/mol. The monoisotopic (exact) mass is 326 g/mol. The number of ether oxygens (including phenoxy) is 2. The maximum atomic E-state index is 12.1. The highest BCUT2D eigenvalue weighted by Gasteiger charge is 2.23. The van der Waals surface area contributed by atoms with Crippen LogP contribution in [0.4, 0.5) is 10.6 Å². The van der Waals surface area contributed by atoms with Crippen molar-refractivity contribution < 1.29 is 14.3 Å². The summed E-state index contributed by atoms with van der Waals surface area (Å²) in [5.74, 6) is 0.377. The lowest BCUT2D eigenvalue weighted by atomic mass is 10.1. The van der Waals surface area contributed by atoms with Gasteiger partial charge in [0.15, 0.2) is 5.82 Å². The zero-order valence-electron chi connectivity index (χ0n) is 13.1. The lowest BCUT2D eigenvalue weighted by Crippen LogP contribution is -2.24. The molecule has 0 saturated carbocycles. The van der Waals surface area contributed by atoms with Crippen LogP contribution in [-0.2, 0) is 16.1 Å². The van der Waals surface area contributed by atoms with Crippen molar-refractivity contribution in [2.45, 2.75) is 25.5 Å². The van der Waals surface area contributed by atoms with E-state index in [1.54, 1.807) is 4.68 Å². The molecular formula is C17H18N4O3. The fraction of sp³-hybridized carbons (Fsp3) is 0.353. The summed E-state index contributed by atoms with van der Waals surface area (Å²) in [6.07, 6.45) is 2.44. The fourth-order valence-corrected chi connectivity index (χ4v) is 2.63. The number of hydrogen-bond donors (Lipinski definition) is 1. The molecule has 0 spiro atoms. The largest absolute Gasteiger partial charge is 0.444 e. The van der Waals surface area contributed by atoms with E-state index < -0.39 is 6.09 Å². The van der Waals surface area contributed by atoms with Crippen LogP contribution in [-0.4, -0.2) is 29.1 Å². The summed E-state index contributed by atoms with van der Waals surface area (Å²) >= 11 is 0. The van der Waals surface area contributed by atoms with E-state index >= 15 is 0 Å². The number of anilines is 1. The molecule has 0 unspecified atom stereocenters. The maximum Gasteiger partial charge on any atom is 0.413 e. The second kappa shape index (κ2) is 7.62. The van der Waals surface area contributed by atoms with Gasteiger partial charge < -0.3 is 9.47 Å². The number of carbonyl (C=O) groups excluding carboxylic acids is 1. The van der Waals surface area contributed by atoms with Crippen molar-refractivity contribution in [2.75, 3.05) is 18.5 Å². The second-order valence-corrected chi connectivity index (χ2v) is 5.49. The fourth-order valence-electron chi connectivity index (χ4n) is 2.63. The predicted octanol–water partition coefficient (Wildman–Crippen LogP) is 2.85. The van der Waals surface area contributed by atoms with Gasteiger partial charge in [-0.2, -0.15) is 10.4 Å². The highest BCUT2D eigenvalue weighted by Crippen LogP contribution is 2.26. The predicted molar refractivity (Wildman–Crippen MR) is 86.3 cm³/mol. The molecule has 7 heteroatoms. The number of rotatable bonds is 4. The van der Waals surface area contributed by atoms with E-state index in [1.165, 1.54) is 6.20 Å². The number of nitriles is 1. The first-order valence-corrected chi connectivity index (χ1v) is 7.81. The first kappa shape index (κ1) is 16.0. The molecule has 1 saturated heterocycles. The summed E-state index contributed by atoms with van der Waals surface area (Å²) in [4.78, 5) is 12.1. The Morgan fingerprint density at radius 2 is 2.12 bits per heavy atom. The van der Waals surface area contributed by atoms with Gasteiger partial charge >= 0.3 is 6.09 Å². The third-order valence-electron chi connectivity index (χ3n) is 3.89. The topological polar surface area (TPSA) is 89.2 Å². The summed E-state index contributed by atoms with van der Waals surface area (Å²) < 4.78 is 12.2. The molecule has 7 nitrogen and oxygen atoms in total. The number of amides is 1. The minimum absolute atomic E-state index is 0.102. The molecule has 1 aliphatic heterocycles. The molecule has 24 heavy (non-hydrogen) atoms. The van der Waals surface area contributed by atoms with Gasteiger partial charge in [0, 0.05) is 13.2 Å². The third kappa shape index (κ3) is 3.73. The van der Waals surface area contributed by atoms with Gasteiger partial charge in [0.2, 0.25) is 0 Å². The molecule has 0 aliphatic carbocycles. The van der Waals surface area contributed by atoms with E-state index in [2.05, 4.69) is 10.4 Å². The first-order valence-electron chi connectivity index (χ1n) is 7.81. The van der Waals surface area contributed by atoms with E-state index in [4.69, 9.17) is 9.47 Å². The van der Waals surface area contributed by atoms with Crippen LogP contribution in [0, 0.1) is 11.3 Å². The third-order valence-corrected chi connectivity index (χ3v) is 3.89. The number of nitrogens with one attached hydrogen (secondary N) is 1. The van der Waals surface area contributed by atoms with E-state index in [-0.39, 0.29) is 12.6 Å². The van der Waals surface area contributed by atoms with Crippen LogP contribution in [0.3, 0.4) is 0 Å². The van der Waals surface area contributed by atoms with Crippen molar-refractivity contribution >= 4 is 11.9 Å². The lowest BCUT2D eigenvalue weighted by Gasteiger charge is -2.24. The molecule has 1 fully saturated rings. The van der Waals surface area contributed by atoms with Gasteiger partial charge in [0.25, 0.3) is 0 Å². The average Bonchev–Trinajstić information content (AvgIpc) is 3.04. The molecule has 0 bridgehead atoms. The number of aromatic nitrogens is 2. The summed E-state index contributed by atoms with van der Waals surface area (Å²) in [5, 5.41) is 16.1. The minimum atomic E-state index is -0.607. The standard InChI is InChI=1S/C17H18N4O3/c18-10-14-11-19-21(15-6-8-23-9-7-15)16(14)20-17(22)24-12-13-4-2-1-3-5-13/h1-5,11,15H,6-9,12H2,(H,20,22). The Morgan fingerprint density at radius 1 is 1.38 bits per heavy atom. The van der Waals surface area contributed by atoms with Gasteiger partial charge in [0.05, 0.1) is 12.2 Å². The molecule has 1 amide bonds. The summed E-state index contributed by atoms with van der Waals surface area (Å²) in [5.41, 5.74) is 1.21. The Morgan fingerprint density at radius 3 is 2.83 bits per heavy atom. The van der Waals surface area contributed by atoms with E-state index in [9.17, 15) is 10.1 Å². The first-order chi connectivity index (χ1) is 11.8. The minimum Gasteiger partial charge on any atom is -0.444 e. The molecule has 0 atom stereocenters.